The second-order valence-corrected chi connectivity index (χ2v) is 4.68. The molecule has 0 radical (unpaired) electrons. The SMILES string of the molecule is CCN(C1CCN(C)C1)S(C)=O. The van der Waals surface area contributed by atoms with E-state index in [1.807, 2.05) is 0 Å². The van der Waals surface area contributed by atoms with Crippen molar-refractivity contribution in [3.8, 4) is 0 Å². The second kappa shape index (κ2) is 4.35. The number of hydrogen-bond donors (Lipinski definition) is 0. The van der Waals surface area contributed by atoms with Crippen molar-refractivity contribution in [2.24, 2.45) is 0 Å². The smallest absolute Gasteiger partial charge is 0.0913 e. The standard InChI is InChI=1S/C8H18N2OS/c1-4-10(12(3)11)8-5-6-9(2)7-8/h8H,4-7H2,1-3H3. The number of likely N-dealkylation sites (tertiary alicyclic amines) is 1. The monoisotopic (exact) mass is 190 g/mol. The maximum atomic E-state index is 11.3. The maximum absolute atomic E-state index is 11.3. The highest BCUT2D eigenvalue weighted by Gasteiger charge is 2.26. The average molecular weight is 190 g/mol. The van der Waals surface area contributed by atoms with Crippen LogP contribution < -0.4 is 0 Å². The van der Waals surface area contributed by atoms with E-state index in [4.69, 9.17) is 0 Å². The van der Waals surface area contributed by atoms with Gasteiger partial charge in [0.25, 0.3) is 0 Å². The molecule has 1 heterocycles. The summed E-state index contributed by atoms with van der Waals surface area (Å²) < 4.78 is 13.4. The first-order chi connectivity index (χ1) is 5.65. The first-order valence-corrected chi connectivity index (χ1v) is 5.95. The van der Waals surface area contributed by atoms with E-state index in [9.17, 15) is 4.21 Å². The summed E-state index contributed by atoms with van der Waals surface area (Å²) in [7, 11) is 1.32. The summed E-state index contributed by atoms with van der Waals surface area (Å²) in [5.74, 6) is 0. The molecule has 4 heteroatoms. The van der Waals surface area contributed by atoms with Gasteiger partial charge in [0.2, 0.25) is 0 Å². The van der Waals surface area contributed by atoms with Gasteiger partial charge in [0.15, 0.2) is 0 Å². The van der Waals surface area contributed by atoms with Crippen LogP contribution >= 0.6 is 0 Å². The molecule has 72 valence electrons. The molecule has 1 aliphatic rings. The minimum absolute atomic E-state index is 0.505. The van der Waals surface area contributed by atoms with Gasteiger partial charge in [0, 0.05) is 25.4 Å². The maximum Gasteiger partial charge on any atom is 0.0913 e. The van der Waals surface area contributed by atoms with E-state index in [0.717, 1.165) is 26.1 Å². The molecule has 0 bridgehead atoms. The molecule has 1 saturated heterocycles. The minimum Gasteiger partial charge on any atom is -0.305 e. The van der Waals surface area contributed by atoms with E-state index >= 15 is 0 Å². The summed E-state index contributed by atoms with van der Waals surface area (Å²) in [4.78, 5) is 2.29. The topological polar surface area (TPSA) is 23.6 Å². The lowest BCUT2D eigenvalue weighted by Crippen LogP contribution is -2.37. The fraction of sp³-hybridized carbons (Fsp3) is 1.00. The van der Waals surface area contributed by atoms with Crippen molar-refractivity contribution in [1.29, 1.82) is 0 Å². The summed E-state index contributed by atoms with van der Waals surface area (Å²) in [5, 5.41) is 0. The Balaban J connectivity index is 2.49. The Morgan fingerprint density at radius 3 is 2.67 bits per heavy atom. The molecule has 0 aliphatic carbocycles. The predicted molar refractivity (Wildman–Crippen MR) is 52.3 cm³/mol. The van der Waals surface area contributed by atoms with Gasteiger partial charge in [0.05, 0.1) is 11.0 Å². The lowest BCUT2D eigenvalue weighted by molar-refractivity contribution is 0.334. The van der Waals surface area contributed by atoms with Crippen LogP contribution in [-0.2, 0) is 11.0 Å². The highest BCUT2D eigenvalue weighted by Crippen LogP contribution is 2.14. The van der Waals surface area contributed by atoms with Gasteiger partial charge in [-0.05, 0) is 20.0 Å². The van der Waals surface area contributed by atoms with Gasteiger partial charge in [-0.2, -0.15) is 0 Å². The Morgan fingerprint density at radius 2 is 2.33 bits per heavy atom. The average Bonchev–Trinajstić information content (AvgIpc) is 2.37. The third-order valence-electron chi connectivity index (χ3n) is 2.42. The van der Waals surface area contributed by atoms with Gasteiger partial charge in [-0.15, -0.1) is 0 Å². The van der Waals surface area contributed by atoms with Crippen molar-refractivity contribution in [2.75, 3.05) is 32.9 Å². The lowest BCUT2D eigenvalue weighted by atomic mass is 10.3. The van der Waals surface area contributed by atoms with Crippen LogP contribution in [0.3, 0.4) is 0 Å². The van der Waals surface area contributed by atoms with Crippen LogP contribution in [0.4, 0.5) is 0 Å². The molecular weight excluding hydrogens is 172 g/mol. The van der Waals surface area contributed by atoms with Gasteiger partial charge in [0.1, 0.15) is 0 Å². The summed E-state index contributed by atoms with van der Waals surface area (Å²) >= 11 is 0. The van der Waals surface area contributed by atoms with Crippen molar-refractivity contribution in [3.05, 3.63) is 0 Å². The van der Waals surface area contributed by atoms with Crippen LogP contribution in [0, 0.1) is 0 Å². The molecule has 0 aromatic heterocycles. The number of hydrogen-bond acceptors (Lipinski definition) is 2. The van der Waals surface area contributed by atoms with E-state index < -0.39 is 11.0 Å². The first-order valence-electron chi connectivity index (χ1n) is 4.44. The van der Waals surface area contributed by atoms with Crippen molar-refractivity contribution < 1.29 is 4.21 Å². The van der Waals surface area contributed by atoms with Crippen molar-refractivity contribution in [2.45, 2.75) is 19.4 Å². The van der Waals surface area contributed by atoms with Gasteiger partial charge >= 0.3 is 0 Å². The molecule has 0 aromatic carbocycles. The molecule has 0 aromatic rings. The molecule has 12 heavy (non-hydrogen) atoms. The highest BCUT2D eigenvalue weighted by molar-refractivity contribution is 7.81. The largest absolute Gasteiger partial charge is 0.305 e. The Morgan fingerprint density at radius 1 is 1.67 bits per heavy atom. The van der Waals surface area contributed by atoms with E-state index in [-0.39, 0.29) is 0 Å². The molecule has 0 saturated carbocycles. The van der Waals surface area contributed by atoms with Crippen LogP contribution in [0.15, 0.2) is 0 Å². The Hall–Kier alpha value is 0.0700. The quantitative estimate of drug-likeness (QED) is 0.639. The fourth-order valence-electron chi connectivity index (χ4n) is 1.80. The van der Waals surface area contributed by atoms with Gasteiger partial charge in [-0.3, -0.25) is 0 Å². The van der Waals surface area contributed by atoms with E-state index in [0.29, 0.717) is 6.04 Å². The lowest BCUT2D eigenvalue weighted by Gasteiger charge is -2.23. The minimum atomic E-state index is -0.801. The Labute approximate surface area is 77.3 Å². The zero-order chi connectivity index (χ0) is 9.14. The van der Waals surface area contributed by atoms with Gasteiger partial charge in [-0.25, -0.2) is 8.51 Å². The van der Waals surface area contributed by atoms with Gasteiger partial charge in [-0.1, -0.05) is 6.92 Å². The summed E-state index contributed by atoms with van der Waals surface area (Å²) in [6.45, 7) is 5.16. The van der Waals surface area contributed by atoms with Crippen LogP contribution in [0.2, 0.25) is 0 Å². The molecule has 0 spiro atoms. The molecule has 0 amide bonds. The highest BCUT2D eigenvalue weighted by atomic mass is 32.2. The Kier molecular flexibility index (Phi) is 3.68. The van der Waals surface area contributed by atoms with E-state index in [1.54, 1.807) is 6.26 Å². The molecule has 2 atom stereocenters. The van der Waals surface area contributed by atoms with E-state index in [2.05, 4.69) is 23.2 Å². The fourth-order valence-corrected chi connectivity index (χ4v) is 2.75. The van der Waals surface area contributed by atoms with Crippen molar-refractivity contribution in [3.63, 3.8) is 0 Å². The zero-order valence-corrected chi connectivity index (χ0v) is 8.93. The molecule has 1 aliphatic heterocycles. The summed E-state index contributed by atoms with van der Waals surface area (Å²) in [6.07, 6.45) is 2.92. The van der Waals surface area contributed by atoms with Crippen LogP contribution in [-0.4, -0.2) is 52.4 Å². The normalized spacial score (nSPS) is 28.2. The van der Waals surface area contributed by atoms with Crippen LogP contribution in [0.25, 0.3) is 0 Å². The third-order valence-corrected chi connectivity index (χ3v) is 3.63. The van der Waals surface area contributed by atoms with E-state index in [1.165, 1.54) is 0 Å². The van der Waals surface area contributed by atoms with Crippen LogP contribution in [0.1, 0.15) is 13.3 Å². The van der Waals surface area contributed by atoms with Gasteiger partial charge < -0.3 is 4.90 Å². The molecule has 1 rings (SSSR count). The first kappa shape index (κ1) is 10.2. The number of nitrogens with zero attached hydrogens (tertiary/aromatic N) is 2. The summed E-state index contributed by atoms with van der Waals surface area (Å²) in [5.41, 5.74) is 0. The molecular formula is C8H18N2OS. The predicted octanol–water partition coefficient (Wildman–Crippen LogP) is 0.306. The van der Waals surface area contributed by atoms with Crippen molar-refractivity contribution >= 4 is 11.0 Å². The molecule has 2 unspecified atom stereocenters. The molecule has 1 fully saturated rings. The zero-order valence-electron chi connectivity index (χ0n) is 8.12. The van der Waals surface area contributed by atoms with Crippen molar-refractivity contribution in [1.82, 2.24) is 9.21 Å². The summed E-state index contributed by atoms with van der Waals surface area (Å²) in [6, 6.07) is 0.505. The Bertz CT molecular complexity index is 174. The molecule has 0 N–H and O–H groups in total. The van der Waals surface area contributed by atoms with Crippen LogP contribution in [0.5, 0.6) is 0 Å². The number of likely N-dealkylation sites (N-methyl/N-ethyl adjacent to an activating group) is 2. The number of rotatable bonds is 3. The second-order valence-electron chi connectivity index (χ2n) is 3.36. The third kappa shape index (κ3) is 2.28. The molecule has 3 nitrogen and oxygen atoms in total.